The Morgan fingerprint density at radius 1 is 1.40 bits per heavy atom. The highest BCUT2D eigenvalue weighted by Crippen LogP contribution is 2.32. The van der Waals surface area contributed by atoms with Crippen LogP contribution in [0.5, 0.6) is 0 Å². The number of carbonyl (C=O) groups excluding carboxylic acids is 1. The number of Topliss-reactive ketones (excluding diaryl/α,β-unsaturated/α-hetero) is 1. The van der Waals surface area contributed by atoms with E-state index in [1.165, 1.54) is 0 Å². The van der Waals surface area contributed by atoms with Crippen molar-refractivity contribution in [2.75, 3.05) is 6.54 Å². The molecule has 0 saturated carbocycles. The fraction of sp³-hybridized carbons (Fsp3) is 0.400. The summed E-state index contributed by atoms with van der Waals surface area (Å²) in [6.07, 6.45) is 4.01. The summed E-state index contributed by atoms with van der Waals surface area (Å²) in [7, 11) is 0. The molecule has 20 heavy (non-hydrogen) atoms. The topological polar surface area (TPSA) is 34.0 Å². The fourth-order valence-electron chi connectivity index (χ4n) is 2.84. The molecule has 106 valence electrons. The number of aryl methyl sites for hydroxylation is 1. The SMILES string of the molecule is CCn1cc(C(=O)C2CCCN2)c2cc(Br)c(Br)cc21. The van der Waals surface area contributed by atoms with E-state index in [0.717, 1.165) is 51.3 Å². The van der Waals surface area contributed by atoms with E-state index in [0.29, 0.717) is 0 Å². The molecule has 1 saturated heterocycles. The van der Waals surface area contributed by atoms with Gasteiger partial charge in [0, 0.05) is 38.2 Å². The summed E-state index contributed by atoms with van der Waals surface area (Å²) in [5.74, 6) is 0.217. The molecule has 0 bridgehead atoms. The first-order valence-electron chi connectivity index (χ1n) is 6.87. The Bertz CT molecular complexity index is 672. The van der Waals surface area contributed by atoms with Crippen molar-refractivity contribution in [2.24, 2.45) is 0 Å². The zero-order valence-corrected chi connectivity index (χ0v) is 14.4. The van der Waals surface area contributed by atoms with Crippen LogP contribution in [0.25, 0.3) is 10.9 Å². The lowest BCUT2D eigenvalue weighted by Gasteiger charge is -2.08. The van der Waals surface area contributed by atoms with Gasteiger partial charge in [0.15, 0.2) is 5.78 Å². The first-order chi connectivity index (χ1) is 9.61. The predicted octanol–water partition coefficient (Wildman–Crippen LogP) is 4.12. The zero-order chi connectivity index (χ0) is 14.3. The largest absolute Gasteiger partial charge is 0.347 e. The number of rotatable bonds is 3. The number of carbonyl (C=O) groups is 1. The van der Waals surface area contributed by atoms with Crippen molar-refractivity contribution in [2.45, 2.75) is 32.4 Å². The van der Waals surface area contributed by atoms with Gasteiger partial charge in [-0.05, 0) is 70.3 Å². The predicted molar refractivity (Wildman–Crippen MR) is 88.4 cm³/mol. The highest BCUT2D eigenvalue weighted by Gasteiger charge is 2.26. The molecule has 1 atom stereocenters. The van der Waals surface area contributed by atoms with Crippen LogP contribution >= 0.6 is 31.9 Å². The Labute approximate surface area is 135 Å². The average Bonchev–Trinajstić information content (AvgIpc) is 3.06. The lowest BCUT2D eigenvalue weighted by Crippen LogP contribution is -2.30. The summed E-state index contributed by atoms with van der Waals surface area (Å²) in [4.78, 5) is 12.7. The van der Waals surface area contributed by atoms with Crippen LogP contribution in [0.15, 0.2) is 27.3 Å². The molecule has 1 aromatic heterocycles. The van der Waals surface area contributed by atoms with E-state index in [1.807, 2.05) is 12.3 Å². The Kier molecular flexibility index (Phi) is 4.02. The van der Waals surface area contributed by atoms with E-state index in [2.05, 4.69) is 54.7 Å². The van der Waals surface area contributed by atoms with Crippen LogP contribution in [-0.2, 0) is 6.54 Å². The fourth-order valence-corrected chi connectivity index (χ4v) is 3.51. The Morgan fingerprint density at radius 3 is 2.80 bits per heavy atom. The maximum absolute atomic E-state index is 12.7. The second-order valence-corrected chi connectivity index (χ2v) is 6.83. The molecule has 2 aromatic rings. The van der Waals surface area contributed by atoms with Crippen molar-refractivity contribution in [1.29, 1.82) is 0 Å². The first-order valence-corrected chi connectivity index (χ1v) is 8.46. The van der Waals surface area contributed by atoms with E-state index >= 15 is 0 Å². The lowest BCUT2D eigenvalue weighted by atomic mass is 10.0. The van der Waals surface area contributed by atoms with Crippen LogP contribution in [-0.4, -0.2) is 22.9 Å². The number of hydrogen-bond donors (Lipinski definition) is 1. The van der Waals surface area contributed by atoms with Crippen LogP contribution in [0.1, 0.15) is 30.1 Å². The molecule has 0 amide bonds. The number of halogens is 2. The second-order valence-electron chi connectivity index (χ2n) is 5.13. The monoisotopic (exact) mass is 398 g/mol. The van der Waals surface area contributed by atoms with Crippen molar-refractivity contribution < 1.29 is 4.79 Å². The molecule has 0 radical (unpaired) electrons. The Hall–Kier alpha value is -0.650. The molecule has 0 spiro atoms. The molecule has 5 heteroatoms. The standard InChI is InChI=1S/C15H16Br2N2O/c1-2-19-8-10(15(20)13-4-3-5-18-13)9-6-11(16)12(17)7-14(9)19/h6-8,13,18H,2-5H2,1H3. The van der Waals surface area contributed by atoms with Crippen molar-refractivity contribution in [3.05, 3.63) is 32.8 Å². The number of nitrogens with one attached hydrogen (secondary N) is 1. The van der Waals surface area contributed by atoms with Crippen molar-refractivity contribution in [3.8, 4) is 0 Å². The van der Waals surface area contributed by atoms with Crippen LogP contribution < -0.4 is 5.32 Å². The molecular weight excluding hydrogens is 384 g/mol. The minimum Gasteiger partial charge on any atom is -0.347 e. The van der Waals surface area contributed by atoms with Crippen LogP contribution in [0.2, 0.25) is 0 Å². The number of benzene rings is 1. The zero-order valence-electron chi connectivity index (χ0n) is 11.2. The molecular formula is C15H16Br2N2O. The molecule has 1 aromatic carbocycles. The van der Waals surface area contributed by atoms with Crippen LogP contribution in [0.4, 0.5) is 0 Å². The highest BCUT2D eigenvalue weighted by atomic mass is 79.9. The van der Waals surface area contributed by atoms with Gasteiger partial charge >= 0.3 is 0 Å². The third-order valence-electron chi connectivity index (χ3n) is 3.91. The maximum atomic E-state index is 12.7. The van der Waals surface area contributed by atoms with Gasteiger partial charge < -0.3 is 9.88 Å². The quantitative estimate of drug-likeness (QED) is 0.787. The molecule has 1 unspecified atom stereocenters. The van der Waals surface area contributed by atoms with Gasteiger partial charge in [-0.15, -0.1) is 0 Å². The average molecular weight is 400 g/mol. The Morgan fingerprint density at radius 2 is 2.15 bits per heavy atom. The van der Waals surface area contributed by atoms with Gasteiger partial charge in [-0.25, -0.2) is 0 Å². The third-order valence-corrected chi connectivity index (χ3v) is 5.75. The summed E-state index contributed by atoms with van der Waals surface area (Å²) in [5, 5.41) is 4.32. The Balaban J connectivity index is 2.15. The number of aromatic nitrogens is 1. The third kappa shape index (κ3) is 2.36. The number of nitrogens with zero attached hydrogens (tertiary/aromatic N) is 1. The summed E-state index contributed by atoms with van der Waals surface area (Å²) in [6, 6.07) is 4.09. The molecule has 1 N–H and O–H groups in total. The molecule has 1 fully saturated rings. The number of hydrogen-bond acceptors (Lipinski definition) is 2. The van der Waals surface area contributed by atoms with Gasteiger partial charge in [-0.2, -0.15) is 0 Å². The number of fused-ring (bicyclic) bond motifs is 1. The van der Waals surface area contributed by atoms with Gasteiger partial charge in [0.1, 0.15) is 0 Å². The van der Waals surface area contributed by atoms with Crippen LogP contribution in [0, 0.1) is 0 Å². The molecule has 1 aliphatic rings. The van der Waals surface area contributed by atoms with E-state index in [-0.39, 0.29) is 11.8 Å². The molecule has 2 heterocycles. The minimum absolute atomic E-state index is 0.0201. The normalized spacial score (nSPS) is 18.9. The van der Waals surface area contributed by atoms with E-state index in [1.54, 1.807) is 0 Å². The minimum atomic E-state index is -0.0201. The van der Waals surface area contributed by atoms with Gasteiger partial charge in [0.05, 0.1) is 6.04 Å². The van der Waals surface area contributed by atoms with Crippen LogP contribution in [0.3, 0.4) is 0 Å². The smallest absolute Gasteiger partial charge is 0.181 e. The van der Waals surface area contributed by atoms with Crippen molar-refractivity contribution in [1.82, 2.24) is 9.88 Å². The second kappa shape index (κ2) is 5.62. The lowest BCUT2D eigenvalue weighted by molar-refractivity contribution is 0.0954. The summed E-state index contributed by atoms with van der Waals surface area (Å²) < 4.78 is 4.12. The molecule has 0 aliphatic carbocycles. The molecule has 1 aliphatic heterocycles. The van der Waals surface area contributed by atoms with Gasteiger partial charge in [0.2, 0.25) is 0 Å². The van der Waals surface area contributed by atoms with Gasteiger partial charge in [-0.1, -0.05) is 0 Å². The summed E-state index contributed by atoms with van der Waals surface area (Å²) >= 11 is 7.07. The maximum Gasteiger partial charge on any atom is 0.181 e. The van der Waals surface area contributed by atoms with Gasteiger partial charge in [-0.3, -0.25) is 4.79 Å². The summed E-state index contributed by atoms with van der Waals surface area (Å²) in [6.45, 7) is 3.89. The van der Waals surface area contributed by atoms with Crippen molar-refractivity contribution >= 4 is 48.5 Å². The first kappa shape index (κ1) is 14.3. The van der Waals surface area contributed by atoms with E-state index in [4.69, 9.17) is 0 Å². The van der Waals surface area contributed by atoms with E-state index < -0.39 is 0 Å². The highest BCUT2D eigenvalue weighted by molar-refractivity contribution is 9.13. The molecule has 3 rings (SSSR count). The van der Waals surface area contributed by atoms with Gasteiger partial charge in [0.25, 0.3) is 0 Å². The van der Waals surface area contributed by atoms with E-state index in [9.17, 15) is 4.79 Å². The summed E-state index contributed by atoms with van der Waals surface area (Å²) in [5.41, 5.74) is 1.93. The molecule has 3 nitrogen and oxygen atoms in total. The number of ketones is 1. The van der Waals surface area contributed by atoms with Crippen molar-refractivity contribution in [3.63, 3.8) is 0 Å².